The Labute approximate surface area is 122 Å². The lowest BCUT2D eigenvalue weighted by molar-refractivity contribution is 0.0781. The van der Waals surface area contributed by atoms with E-state index in [1.165, 1.54) is 0 Å². The normalized spacial score (nSPS) is 10.4. The molecule has 0 fully saturated rings. The van der Waals surface area contributed by atoms with Crippen LogP contribution in [0.25, 0.3) is 0 Å². The monoisotopic (exact) mass is 371 g/mol. The van der Waals surface area contributed by atoms with Gasteiger partial charge in [-0.2, -0.15) is 0 Å². The third-order valence-electron chi connectivity index (χ3n) is 2.40. The van der Waals surface area contributed by atoms with Gasteiger partial charge in [0, 0.05) is 34.0 Å². The van der Waals surface area contributed by atoms with Gasteiger partial charge in [0.05, 0.1) is 6.54 Å². The number of hydrogen-bond acceptors (Lipinski definition) is 2. The number of rotatable bonds is 3. The van der Waals surface area contributed by atoms with Crippen LogP contribution in [-0.4, -0.2) is 27.8 Å². The summed E-state index contributed by atoms with van der Waals surface area (Å²) in [5, 5.41) is 0. The van der Waals surface area contributed by atoms with Gasteiger partial charge in [-0.05, 0) is 18.2 Å². The van der Waals surface area contributed by atoms with E-state index in [-0.39, 0.29) is 5.91 Å². The standard InChI is InChI=1S/C12H11Br2N3O/c1-17(7-11-15-2-3-16-11)12(18)8-4-9(13)6-10(14)5-8/h2-6H,7H2,1H3,(H,15,16). The van der Waals surface area contributed by atoms with E-state index in [1.54, 1.807) is 36.5 Å². The lowest BCUT2D eigenvalue weighted by Gasteiger charge is -2.16. The van der Waals surface area contributed by atoms with Gasteiger partial charge in [0.25, 0.3) is 5.91 Å². The zero-order valence-corrected chi connectivity index (χ0v) is 12.8. The number of amides is 1. The van der Waals surface area contributed by atoms with Gasteiger partial charge >= 0.3 is 0 Å². The first-order valence-corrected chi connectivity index (χ1v) is 6.84. The Balaban J connectivity index is 2.15. The Kier molecular flexibility index (Phi) is 4.19. The number of carbonyl (C=O) groups excluding carboxylic acids is 1. The number of aromatic nitrogens is 2. The fourth-order valence-electron chi connectivity index (χ4n) is 1.58. The molecule has 18 heavy (non-hydrogen) atoms. The van der Waals surface area contributed by atoms with Gasteiger partial charge in [-0.1, -0.05) is 31.9 Å². The second-order valence-electron chi connectivity index (χ2n) is 3.86. The molecule has 1 aromatic carbocycles. The molecule has 1 heterocycles. The predicted molar refractivity (Wildman–Crippen MR) is 76.2 cm³/mol. The van der Waals surface area contributed by atoms with Gasteiger partial charge in [-0.25, -0.2) is 4.98 Å². The fraction of sp³-hybridized carbons (Fsp3) is 0.167. The molecule has 0 saturated carbocycles. The van der Waals surface area contributed by atoms with Crippen LogP contribution in [0.4, 0.5) is 0 Å². The summed E-state index contributed by atoms with van der Waals surface area (Å²) in [6, 6.07) is 5.49. The highest BCUT2D eigenvalue weighted by molar-refractivity contribution is 9.11. The Morgan fingerprint density at radius 1 is 1.33 bits per heavy atom. The van der Waals surface area contributed by atoms with E-state index in [0.29, 0.717) is 12.1 Å². The maximum absolute atomic E-state index is 12.2. The van der Waals surface area contributed by atoms with E-state index in [1.807, 2.05) is 6.07 Å². The molecule has 0 atom stereocenters. The topological polar surface area (TPSA) is 49.0 Å². The molecule has 1 N–H and O–H groups in total. The van der Waals surface area contributed by atoms with Crippen LogP contribution >= 0.6 is 31.9 Å². The van der Waals surface area contributed by atoms with E-state index in [9.17, 15) is 4.79 Å². The van der Waals surface area contributed by atoms with E-state index in [4.69, 9.17) is 0 Å². The maximum atomic E-state index is 12.2. The van der Waals surface area contributed by atoms with Crippen molar-refractivity contribution in [1.29, 1.82) is 0 Å². The van der Waals surface area contributed by atoms with Crippen molar-refractivity contribution in [2.75, 3.05) is 7.05 Å². The zero-order valence-electron chi connectivity index (χ0n) is 9.65. The Morgan fingerprint density at radius 3 is 2.56 bits per heavy atom. The summed E-state index contributed by atoms with van der Waals surface area (Å²) in [6.07, 6.45) is 3.41. The van der Waals surface area contributed by atoms with Crippen molar-refractivity contribution < 1.29 is 4.79 Å². The molecule has 2 rings (SSSR count). The van der Waals surface area contributed by atoms with Gasteiger partial charge in [-0.15, -0.1) is 0 Å². The molecule has 94 valence electrons. The minimum absolute atomic E-state index is 0.0478. The molecular formula is C12H11Br2N3O. The number of imidazole rings is 1. The van der Waals surface area contributed by atoms with Crippen molar-refractivity contribution in [2.24, 2.45) is 0 Å². The van der Waals surface area contributed by atoms with Crippen LogP contribution in [-0.2, 0) is 6.54 Å². The third-order valence-corrected chi connectivity index (χ3v) is 3.31. The number of nitrogens with one attached hydrogen (secondary N) is 1. The highest BCUT2D eigenvalue weighted by Crippen LogP contribution is 2.21. The van der Waals surface area contributed by atoms with Crippen LogP contribution in [0, 0.1) is 0 Å². The van der Waals surface area contributed by atoms with Gasteiger partial charge in [-0.3, -0.25) is 4.79 Å². The van der Waals surface area contributed by atoms with E-state index >= 15 is 0 Å². The molecule has 0 saturated heterocycles. The van der Waals surface area contributed by atoms with Gasteiger partial charge in [0.1, 0.15) is 5.82 Å². The van der Waals surface area contributed by atoms with Gasteiger partial charge in [0.15, 0.2) is 0 Å². The van der Waals surface area contributed by atoms with Gasteiger partial charge < -0.3 is 9.88 Å². The van der Waals surface area contributed by atoms with Crippen LogP contribution < -0.4 is 0 Å². The van der Waals surface area contributed by atoms with E-state index in [0.717, 1.165) is 14.8 Å². The van der Waals surface area contributed by atoms with Crippen molar-refractivity contribution in [3.05, 3.63) is 50.9 Å². The second-order valence-corrected chi connectivity index (χ2v) is 5.69. The molecule has 4 nitrogen and oxygen atoms in total. The summed E-state index contributed by atoms with van der Waals surface area (Å²) >= 11 is 6.74. The van der Waals surface area contributed by atoms with Gasteiger partial charge in [0.2, 0.25) is 0 Å². The Hall–Kier alpha value is -1.14. The van der Waals surface area contributed by atoms with Crippen molar-refractivity contribution >= 4 is 37.8 Å². The molecule has 0 radical (unpaired) electrons. The van der Waals surface area contributed by atoms with Crippen LogP contribution in [0.3, 0.4) is 0 Å². The maximum Gasteiger partial charge on any atom is 0.254 e. The first-order valence-electron chi connectivity index (χ1n) is 5.26. The smallest absolute Gasteiger partial charge is 0.254 e. The van der Waals surface area contributed by atoms with Crippen LogP contribution in [0.15, 0.2) is 39.5 Å². The zero-order chi connectivity index (χ0) is 13.1. The Bertz CT molecular complexity index is 534. The van der Waals surface area contributed by atoms with Crippen LogP contribution in [0.1, 0.15) is 16.2 Å². The SMILES string of the molecule is CN(Cc1ncc[nH]1)C(=O)c1cc(Br)cc(Br)c1. The molecule has 2 aromatic rings. The molecule has 0 unspecified atom stereocenters. The number of hydrogen-bond donors (Lipinski definition) is 1. The molecular weight excluding hydrogens is 362 g/mol. The molecule has 0 aliphatic rings. The van der Waals surface area contributed by atoms with E-state index < -0.39 is 0 Å². The lowest BCUT2D eigenvalue weighted by Crippen LogP contribution is -2.26. The van der Waals surface area contributed by atoms with Crippen molar-refractivity contribution in [2.45, 2.75) is 6.54 Å². The summed E-state index contributed by atoms with van der Waals surface area (Å²) in [4.78, 5) is 20.9. The first-order chi connectivity index (χ1) is 8.56. The molecule has 0 aliphatic heterocycles. The summed E-state index contributed by atoms with van der Waals surface area (Å²) in [7, 11) is 1.75. The number of nitrogens with zero attached hydrogens (tertiary/aromatic N) is 2. The van der Waals surface area contributed by atoms with E-state index in [2.05, 4.69) is 41.8 Å². The first kappa shape index (κ1) is 13.3. The molecule has 0 aliphatic carbocycles. The molecule has 0 spiro atoms. The highest BCUT2D eigenvalue weighted by atomic mass is 79.9. The second kappa shape index (κ2) is 5.67. The van der Waals surface area contributed by atoms with Crippen molar-refractivity contribution in [3.8, 4) is 0 Å². The van der Waals surface area contributed by atoms with Crippen LogP contribution in [0.5, 0.6) is 0 Å². The lowest BCUT2D eigenvalue weighted by atomic mass is 10.2. The fourth-order valence-corrected chi connectivity index (χ4v) is 2.87. The van der Waals surface area contributed by atoms with Crippen LogP contribution in [0.2, 0.25) is 0 Å². The summed E-state index contributed by atoms with van der Waals surface area (Å²) in [6.45, 7) is 0.454. The average Bonchev–Trinajstić information content (AvgIpc) is 2.79. The predicted octanol–water partition coefficient (Wildman–Crippen LogP) is 3.21. The minimum atomic E-state index is -0.0478. The minimum Gasteiger partial charge on any atom is -0.347 e. The Morgan fingerprint density at radius 2 is 2.00 bits per heavy atom. The quantitative estimate of drug-likeness (QED) is 0.899. The summed E-state index contributed by atoms with van der Waals surface area (Å²) < 4.78 is 1.73. The number of benzene rings is 1. The largest absolute Gasteiger partial charge is 0.347 e. The number of carbonyl (C=O) groups is 1. The summed E-state index contributed by atoms with van der Waals surface area (Å²) in [5.74, 6) is 0.716. The highest BCUT2D eigenvalue weighted by Gasteiger charge is 2.14. The summed E-state index contributed by atoms with van der Waals surface area (Å²) in [5.41, 5.74) is 0.630. The van der Waals surface area contributed by atoms with Crippen molar-refractivity contribution in [3.63, 3.8) is 0 Å². The number of halogens is 2. The van der Waals surface area contributed by atoms with Crippen molar-refractivity contribution in [1.82, 2.24) is 14.9 Å². The number of H-pyrrole nitrogens is 1. The molecule has 1 amide bonds. The number of aromatic amines is 1. The molecule has 0 bridgehead atoms. The third kappa shape index (κ3) is 3.20. The average molecular weight is 373 g/mol. The molecule has 6 heteroatoms. The molecule has 1 aromatic heterocycles.